The van der Waals surface area contributed by atoms with Crippen LogP contribution in [0.4, 0.5) is 11.4 Å². The Morgan fingerprint density at radius 1 is 0.682 bits per heavy atom. The molecule has 0 saturated heterocycles. The lowest BCUT2D eigenvalue weighted by Crippen LogP contribution is -1.96. The van der Waals surface area contributed by atoms with Crippen molar-refractivity contribution in [3.63, 3.8) is 0 Å². The maximum absolute atomic E-state index is 3.48. The van der Waals surface area contributed by atoms with Crippen LogP contribution in [0.5, 0.6) is 0 Å². The van der Waals surface area contributed by atoms with Crippen LogP contribution in [0.3, 0.4) is 0 Å². The fourth-order valence-corrected chi connectivity index (χ4v) is 2.69. The van der Waals surface area contributed by atoms with Crippen molar-refractivity contribution < 1.29 is 0 Å². The molecule has 0 atom stereocenters. The highest BCUT2D eigenvalue weighted by Crippen LogP contribution is 2.32. The maximum Gasteiger partial charge on any atom is 0.0387 e. The summed E-state index contributed by atoms with van der Waals surface area (Å²) in [6, 6.07) is 27.5. The Bertz CT molecular complexity index is 730. The number of hydrogen-bond donors (Lipinski definition) is 1. The van der Waals surface area contributed by atoms with Crippen LogP contribution in [-0.2, 0) is 0 Å². The fourth-order valence-electron chi connectivity index (χ4n) is 2.69. The Kier molecular flexibility index (Phi) is 4.24. The fraction of sp³-hybridized carbons (Fsp3) is 0.143. The summed E-state index contributed by atoms with van der Waals surface area (Å²) in [4.78, 5) is 0. The zero-order valence-electron chi connectivity index (χ0n) is 13.1. The third-order valence-electron chi connectivity index (χ3n) is 3.82. The molecule has 1 nitrogen and oxygen atoms in total. The Morgan fingerprint density at radius 2 is 1.32 bits per heavy atom. The SMILES string of the molecule is CC(C)c1cc(Nc2ccccc2)ccc1-c1ccccc1. The van der Waals surface area contributed by atoms with Gasteiger partial charge in [-0.05, 0) is 46.9 Å². The molecule has 110 valence electrons. The number of benzene rings is 3. The molecule has 0 amide bonds. The van der Waals surface area contributed by atoms with E-state index in [2.05, 4.69) is 79.8 Å². The summed E-state index contributed by atoms with van der Waals surface area (Å²) in [6.07, 6.45) is 0. The van der Waals surface area contributed by atoms with E-state index < -0.39 is 0 Å². The Morgan fingerprint density at radius 3 is 1.95 bits per heavy atom. The predicted octanol–water partition coefficient (Wildman–Crippen LogP) is 6.22. The molecule has 3 rings (SSSR count). The smallest absolute Gasteiger partial charge is 0.0387 e. The minimum absolute atomic E-state index is 0.479. The minimum Gasteiger partial charge on any atom is -0.356 e. The molecule has 0 aliphatic carbocycles. The van der Waals surface area contributed by atoms with Gasteiger partial charge in [0.15, 0.2) is 0 Å². The topological polar surface area (TPSA) is 12.0 Å². The average Bonchev–Trinajstić information content (AvgIpc) is 2.56. The highest BCUT2D eigenvalue weighted by molar-refractivity contribution is 5.72. The van der Waals surface area contributed by atoms with E-state index in [0.717, 1.165) is 11.4 Å². The van der Waals surface area contributed by atoms with Gasteiger partial charge in [-0.1, -0.05) is 68.4 Å². The second-order valence-corrected chi connectivity index (χ2v) is 5.81. The van der Waals surface area contributed by atoms with Crippen LogP contribution >= 0.6 is 0 Å². The van der Waals surface area contributed by atoms with E-state index >= 15 is 0 Å². The van der Waals surface area contributed by atoms with E-state index in [1.54, 1.807) is 0 Å². The highest BCUT2D eigenvalue weighted by atomic mass is 14.9. The van der Waals surface area contributed by atoms with Gasteiger partial charge in [0.05, 0.1) is 0 Å². The third-order valence-corrected chi connectivity index (χ3v) is 3.82. The number of nitrogens with one attached hydrogen (secondary N) is 1. The Hall–Kier alpha value is -2.54. The van der Waals surface area contributed by atoms with Crippen molar-refractivity contribution in [2.75, 3.05) is 5.32 Å². The molecular formula is C21H21N. The normalized spacial score (nSPS) is 10.7. The molecule has 1 N–H and O–H groups in total. The highest BCUT2D eigenvalue weighted by Gasteiger charge is 2.09. The van der Waals surface area contributed by atoms with Crippen LogP contribution in [0, 0.1) is 0 Å². The summed E-state index contributed by atoms with van der Waals surface area (Å²) in [5, 5.41) is 3.48. The molecule has 0 bridgehead atoms. The molecule has 3 aromatic rings. The molecule has 0 spiro atoms. The monoisotopic (exact) mass is 287 g/mol. The summed E-state index contributed by atoms with van der Waals surface area (Å²) in [5.74, 6) is 0.479. The third kappa shape index (κ3) is 3.20. The molecule has 0 aliphatic heterocycles. The maximum atomic E-state index is 3.48. The van der Waals surface area contributed by atoms with Crippen molar-refractivity contribution in [1.82, 2.24) is 0 Å². The lowest BCUT2D eigenvalue weighted by molar-refractivity contribution is 0.869. The summed E-state index contributed by atoms with van der Waals surface area (Å²) in [7, 11) is 0. The van der Waals surface area contributed by atoms with Gasteiger partial charge in [-0.15, -0.1) is 0 Å². The van der Waals surface area contributed by atoms with Gasteiger partial charge in [0.25, 0.3) is 0 Å². The van der Waals surface area contributed by atoms with Crippen LogP contribution in [0.1, 0.15) is 25.3 Å². The van der Waals surface area contributed by atoms with E-state index in [1.165, 1.54) is 16.7 Å². The number of anilines is 2. The summed E-state index contributed by atoms with van der Waals surface area (Å²) in [6.45, 7) is 4.49. The van der Waals surface area contributed by atoms with Crippen molar-refractivity contribution in [2.45, 2.75) is 19.8 Å². The molecule has 0 saturated carbocycles. The van der Waals surface area contributed by atoms with Crippen molar-refractivity contribution >= 4 is 11.4 Å². The van der Waals surface area contributed by atoms with E-state index in [1.807, 2.05) is 18.2 Å². The molecular weight excluding hydrogens is 266 g/mol. The van der Waals surface area contributed by atoms with Gasteiger partial charge < -0.3 is 5.32 Å². The van der Waals surface area contributed by atoms with E-state index in [-0.39, 0.29) is 0 Å². The van der Waals surface area contributed by atoms with Crippen LogP contribution < -0.4 is 5.32 Å². The summed E-state index contributed by atoms with van der Waals surface area (Å²) in [5.41, 5.74) is 6.21. The molecule has 3 aromatic carbocycles. The van der Waals surface area contributed by atoms with Crippen LogP contribution in [0.25, 0.3) is 11.1 Å². The molecule has 0 heterocycles. The van der Waals surface area contributed by atoms with Gasteiger partial charge in [0, 0.05) is 11.4 Å². The van der Waals surface area contributed by atoms with Crippen molar-refractivity contribution in [3.05, 3.63) is 84.4 Å². The standard InChI is InChI=1S/C21H21N/c1-16(2)21-15-19(22-18-11-7-4-8-12-18)13-14-20(21)17-9-5-3-6-10-17/h3-16,22H,1-2H3. The Balaban J connectivity index is 1.97. The average molecular weight is 287 g/mol. The summed E-state index contributed by atoms with van der Waals surface area (Å²) >= 11 is 0. The zero-order chi connectivity index (χ0) is 15.4. The number of para-hydroxylation sites is 1. The first-order valence-corrected chi connectivity index (χ1v) is 7.75. The van der Waals surface area contributed by atoms with E-state index in [4.69, 9.17) is 0 Å². The molecule has 0 unspecified atom stereocenters. The van der Waals surface area contributed by atoms with Gasteiger partial charge in [-0.2, -0.15) is 0 Å². The van der Waals surface area contributed by atoms with E-state index in [9.17, 15) is 0 Å². The molecule has 0 aromatic heterocycles. The molecule has 0 aliphatic rings. The first kappa shape index (κ1) is 14.4. The largest absolute Gasteiger partial charge is 0.356 e. The lowest BCUT2D eigenvalue weighted by atomic mass is 9.92. The predicted molar refractivity (Wildman–Crippen MR) is 95.7 cm³/mol. The van der Waals surface area contributed by atoms with Crippen molar-refractivity contribution in [3.8, 4) is 11.1 Å². The van der Waals surface area contributed by atoms with Crippen LogP contribution in [0.2, 0.25) is 0 Å². The van der Waals surface area contributed by atoms with Gasteiger partial charge in [0.2, 0.25) is 0 Å². The minimum atomic E-state index is 0.479. The van der Waals surface area contributed by atoms with Crippen LogP contribution in [-0.4, -0.2) is 0 Å². The van der Waals surface area contributed by atoms with E-state index in [0.29, 0.717) is 5.92 Å². The second-order valence-electron chi connectivity index (χ2n) is 5.81. The molecule has 22 heavy (non-hydrogen) atoms. The quantitative estimate of drug-likeness (QED) is 0.600. The summed E-state index contributed by atoms with van der Waals surface area (Å²) < 4.78 is 0. The zero-order valence-corrected chi connectivity index (χ0v) is 13.1. The Labute approximate surface area is 132 Å². The van der Waals surface area contributed by atoms with Gasteiger partial charge in [-0.25, -0.2) is 0 Å². The van der Waals surface area contributed by atoms with Gasteiger partial charge in [0.1, 0.15) is 0 Å². The number of hydrogen-bond acceptors (Lipinski definition) is 1. The van der Waals surface area contributed by atoms with Crippen molar-refractivity contribution in [1.29, 1.82) is 0 Å². The van der Waals surface area contributed by atoms with Crippen LogP contribution in [0.15, 0.2) is 78.9 Å². The van der Waals surface area contributed by atoms with Gasteiger partial charge >= 0.3 is 0 Å². The molecule has 0 fully saturated rings. The number of rotatable bonds is 4. The first-order valence-electron chi connectivity index (χ1n) is 7.75. The molecule has 1 heteroatoms. The van der Waals surface area contributed by atoms with Crippen molar-refractivity contribution in [2.24, 2.45) is 0 Å². The second kappa shape index (κ2) is 6.48. The van der Waals surface area contributed by atoms with Gasteiger partial charge in [-0.3, -0.25) is 0 Å². The molecule has 0 radical (unpaired) electrons. The lowest BCUT2D eigenvalue weighted by Gasteiger charge is -2.16. The first-order chi connectivity index (χ1) is 10.7.